The maximum atomic E-state index is 4.86. The Morgan fingerprint density at radius 3 is 2.59 bits per heavy atom. The first kappa shape index (κ1) is 13.2. The van der Waals surface area contributed by atoms with Crippen LogP contribution in [0.15, 0.2) is 76.7 Å². The van der Waals surface area contributed by atoms with Crippen LogP contribution < -0.4 is 5.01 Å². The van der Waals surface area contributed by atoms with E-state index in [4.69, 9.17) is 5.10 Å². The molecular weight excluding hydrogens is 290 g/mol. The Morgan fingerprint density at radius 2 is 1.86 bits per heavy atom. The largest absolute Gasteiger partial charge is 0.257 e. The second kappa shape index (κ2) is 5.73. The highest BCUT2D eigenvalue weighted by Crippen LogP contribution is 2.36. The summed E-state index contributed by atoms with van der Waals surface area (Å²) in [5.41, 5.74) is 4.43. The third kappa shape index (κ3) is 2.42. The molecular formula is C18H15N3S. The zero-order valence-electron chi connectivity index (χ0n) is 12.0. The lowest BCUT2D eigenvalue weighted by atomic mass is 10.0. The Labute approximate surface area is 133 Å². The van der Waals surface area contributed by atoms with Crippen LogP contribution in [0.25, 0.3) is 0 Å². The van der Waals surface area contributed by atoms with Crippen LogP contribution in [-0.2, 0) is 0 Å². The first-order valence-electron chi connectivity index (χ1n) is 7.27. The number of aromatic nitrogens is 1. The Morgan fingerprint density at radius 1 is 1.00 bits per heavy atom. The van der Waals surface area contributed by atoms with Gasteiger partial charge in [0.2, 0.25) is 0 Å². The number of pyridine rings is 1. The molecule has 0 amide bonds. The molecule has 4 rings (SSSR count). The summed E-state index contributed by atoms with van der Waals surface area (Å²) in [4.78, 5) is 4.45. The summed E-state index contributed by atoms with van der Waals surface area (Å²) in [6.45, 7) is 0. The predicted octanol–water partition coefficient (Wildman–Crippen LogP) is 4.50. The van der Waals surface area contributed by atoms with Crippen LogP contribution in [0, 0.1) is 0 Å². The fourth-order valence-corrected chi connectivity index (χ4v) is 3.45. The highest BCUT2D eigenvalue weighted by atomic mass is 32.1. The van der Waals surface area contributed by atoms with E-state index < -0.39 is 0 Å². The number of para-hydroxylation sites is 1. The minimum atomic E-state index is 0.241. The van der Waals surface area contributed by atoms with Crippen molar-refractivity contribution in [3.05, 3.63) is 82.8 Å². The van der Waals surface area contributed by atoms with Crippen LogP contribution in [0.1, 0.15) is 23.7 Å². The molecule has 22 heavy (non-hydrogen) atoms. The highest BCUT2D eigenvalue weighted by molar-refractivity contribution is 7.08. The molecule has 1 aromatic carbocycles. The van der Waals surface area contributed by atoms with E-state index in [1.165, 1.54) is 5.56 Å². The van der Waals surface area contributed by atoms with Crippen LogP contribution in [0.3, 0.4) is 0 Å². The molecule has 1 atom stereocenters. The minimum Gasteiger partial charge on any atom is -0.257 e. The van der Waals surface area contributed by atoms with Gasteiger partial charge in [-0.3, -0.25) is 9.99 Å². The van der Waals surface area contributed by atoms with Crippen molar-refractivity contribution in [2.24, 2.45) is 5.10 Å². The Hall–Kier alpha value is -2.46. The Bertz CT molecular complexity index is 767. The van der Waals surface area contributed by atoms with Crippen LogP contribution in [0.4, 0.5) is 5.69 Å². The van der Waals surface area contributed by atoms with Gasteiger partial charge in [-0.25, -0.2) is 0 Å². The number of nitrogens with zero attached hydrogens (tertiary/aromatic N) is 3. The molecule has 0 spiro atoms. The molecule has 0 saturated carbocycles. The average Bonchev–Trinajstić information content (AvgIpc) is 3.26. The van der Waals surface area contributed by atoms with Crippen LogP contribution >= 0.6 is 11.3 Å². The van der Waals surface area contributed by atoms with Crippen LogP contribution in [0.2, 0.25) is 0 Å². The van der Waals surface area contributed by atoms with Gasteiger partial charge in [0.25, 0.3) is 0 Å². The summed E-state index contributed by atoms with van der Waals surface area (Å²) < 4.78 is 0. The second-order valence-corrected chi connectivity index (χ2v) is 6.00. The van der Waals surface area contributed by atoms with Crippen LogP contribution in [0.5, 0.6) is 0 Å². The maximum Gasteiger partial charge on any atom is 0.0890 e. The summed E-state index contributed by atoms with van der Waals surface area (Å²) >= 11 is 1.73. The molecule has 2 aromatic heterocycles. The van der Waals surface area contributed by atoms with Crippen molar-refractivity contribution in [1.82, 2.24) is 4.98 Å². The van der Waals surface area contributed by atoms with E-state index in [1.54, 1.807) is 11.3 Å². The van der Waals surface area contributed by atoms with E-state index in [1.807, 2.05) is 42.6 Å². The molecule has 1 aliphatic heterocycles. The smallest absolute Gasteiger partial charge is 0.0890 e. The molecule has 3 aromatic rings. The number of thiophene rings is 1. The topological polar surface area (TPSA) is 28.5 Å². The number of hydrogen-bond donors (Lipinski definition) is 0. The van der Waals surface area contributed by atoms with Gasteiger partial charge in [0.1, 0.15) is 0 Å². The maximum absolute atomic E-state index is 4.86. The van der Waals surface area contributed by atoms with Crippen LogP contribution in [-0.4, -0.2) is 10.7 Å². The van der Waals surface area contributed by atoms with E-state index >= 15 is 0 Å². The van der Waals surface area contributed by atoms with Crippen molar-refractivity contribution < 1.29 is 0 Å². The van der Waals surface area contributed by atoms with Crippen molar-refractivity contribution in [3.8, 4) is 0 Å². The quantitative estimate of drug-likeness (QED) is 0.713. The van der Waals surface area contributed by atoms with Gasteiger partial charge >= 0.3 is 0 Å². The first-order chi connectivity index (χ1) is 10.9. The first-order valence-corrected chi connectivity index (χ1v) is 8.21. The molecule has 1 aliphatic rings. The molecule has 4 heteroatoms. The molecule has 108 valence electrons. The monoisotopic (exact) mass is 305 g/mol. The third-order valence-corrected chi connectivity index (χ3v) is 4.52. The van der Waals surface area contributed by atoms with E-state index in [9.17, 15) is 0 Å². The number of anilines is 1. The summed E-state index contributed by atoms with van der Waals surface area (Å²) in [5, 5.41) is 11.3. The normalized spacial score (nSPS) is 17.5. The molecule has 0 radical (unpaired) electrons. The molecule has 0 N–H and O–H groups in total. The summed E-state index contributed by atoms with van der Waals surface area (Å²) in [7, 11) is 0. The van der Waals surface area contributed by atoms with Crippen molar-refractivity contribution in [2.75, 3.05) is 5.01 Å². The van der Waals surface area contributed by atoms with Gasteiger partial charge in [-0.2, -0.15) is 16.4 Å². The SMILES string of the molecule is c1ccc(N2N=C(c3ccccn3)CC2c2ccsc2)cc1. The number of benzene rings is 1. The van der Waals surface area contributed by atoms with Gasteiger partial charge in [-0.05, 0) is 46.7 Å². The van der Waals surface area contributed by atoms with Gasteiger partial charge < -0.3 is 0 Å². The summed E-state index contributed by atoms with van der Waals surface area (Å²) in [6.07, 6.45) is 2.70. The van der Waals surface area contributed by atoms with Gasteiger partial charge in [-0.1, -0.05) is 24.3 Å². The van der Waals surface area contributed by atoms with Gasteiger partial charge in [0.05, 0.1) is 23.1 Å². The zero-order valence-corrected chi connectivity index (χ0v) is 12.8. The zero-order chi connectivity index (χ0) is 14.8. The Kier molecular flexibility index (Phi) is 3.45. The molecule has 0 saturated heterocycles. The lowest BCUT2D eigenvalue weighted by Gasteiger charge is -2.22. The Balaban J connectivity index is 1.75. The van der Waals surface area contributed by atoms with Crippen molar-refractivity contribution in [1.29, 1.82) is 0 Å². The van der Waals surface area contributed by atoms with Gasteiger partial charge in [-0.15, -0.1) is 0 Å². The van der Waals surface area contributed by atoms with Gasteiger partial charge in [0.15, 0.2) is 0 Å². The predicted molar refractivity (Wildman–Crippen MR) is 91.4 cm³/mol. The summed E-state index contributed by atoms with van der Waals surface area (Å²) in [6, 6.07) is 18.7. The highest BCUT2D eigenvalue weighted by Gasteiger charge is 2.30. The second-order valence-electron chi connectivity index (χ2n) is 5.22. The molecule has 3 heterocycles. The number of hydrazone groups is 1. The van der Waals surface area contributed by atoms with Crippen molar-refractivity contribution >= 4 is 22.7 Å². The van der Waals surface area contributed by atoms with Crippen molar-refractivity contribution in [2.45, 2.75) is 12.5 Å². The van der Waals surface area contributed by atoms with Gasteiger partial charge in [0, 0.05) is 12.6 Å². The standard InChI is InChI=1S/C18H15N3S/c1-2-6-15(7-3-1)21-18(14-9-11-22-13-14)12-17(20-21)16-8-4-5-10-19-16/h1-11,13,18H,12H2. The fraction of sp³-hybridized carbons (Fsp3) is 0.111. The van der Waals surface area contributed by atoms with E-state index in [-0.39, 0.29) is 6.04 Å². The van der Waals surface area contributed by atoms with E-state index in [0.717, 1.165) is 23.5 Å². The van der Waals surface area contributed by atoms with E-state index in [0.29, 0.717) is 0 Å². The molecule has 1 unspecified atom stereocenters. The molecule has 0 fully saturated rings. The van der Waals surface area contributed by atoms with E-state index in [2.05, 4.69) is 39.0 Å². The fourth-order valence-electron chi connectivity index (χ4n) is 2.74. The molecule has 0 bridgehead atoms. The average molecular weight is 305 g/mol. The number of rotatable bonds is 3. The number of hydrogen-bond acceptors (Lipinski definition) is 4. The molecule has 3 nitrogen and oxygen atoms in total. The molecule has 0 aliphatic carbocycles. The lowest BCUT2D eigenvalue weighted by Crippen LogP contribution is -2.17. The summed E-state index contributed by atoms with van der Waals surface area (Å²) in [5.74, 6) is 0. The minimum absolute atomic E-state index is 0.241. The third-order valence-electron chi connectivity index (χ3n) is 3.82. The lowest BCUT2D eigenvalue weighted by molar-refractivity contribution is 0.711. The van der Waals surface area contributed by atoms with Crippen molar-refractivity contribution in [3.63, 3.8) is 0 Å².